The number of halogens is 1. The van der Waals surface area contributed by atoms with Crippen molar-refractivity contribution >= 4 is 18.2 Å². The van der Waals surface area contributed by atoms with Crippen LogP contribution in [0.2, 0.25) is 0 Å². The Hall–Kier alpha value is -0.120. The van der Waals surface area contributed by atoms with Gasteiger partial charge in [-0.05, 0) is 13.3 Å². The van der Waals surface area contributed by atoms with Crippen molar-refractivity contribution in [2.45, 2.75) is 19.4 Å². The monoisotopic (exact) mass is 153 g/mol. The lowest BCUT2D eigenvalue weighted by Crippen LogP contribution is -2.28. The van der Waals surface area contributed by atoms with Gasteiger partial charge in [0.2, 0.25) is 0 Å². The van der Waals surface area contributed by atoms with Crippen LogP contribution in [0.15, 0.2) is 0 Å². The summed E-state index contributed by atoms with van der Waals surface area (Å²) < 4.78 is 0. The number of aliphatic hydroxyl groups excluding tert-OH is 1. The molecule has 3 N–H and O–H groups in total. The maximum Gasteiger partial charge on any atom is 0.146 e. The Labute approximate surface area is 60.6 Å². The van der Waals surface area contributed by atoms with E-state index in [1.807, 2.05) is 0 Å². The molecule has 0 aromatic heterocycles. The van der Waals surface area contributed by atoms with Gasteiger partial charge in [0.1, 0.15) is 5.78 Å². The van der Waals surface area contributed by atoms with Crippen molar-refractivity contribution in [3.8, 4) is 0 Å². The molecule has 0 saturated heterocycles. The number of carbonyl (C=O) groups is 1. The number of hydrogen-bond donors (Lipinski definition) is 2. The van der Waals surface area contributed by atoms with E-state index in [0.29, 0.717) is 6.42 Å². The fourth-order valence-electron chi connectivity index (χ4n) is 0.342. The average molecular weight is 154 g/mol. The Morgan fingerprint density at radius 3 is 2.33 bits per heavy atom. The molecule has 3 nitrogen and oxygen atoms in total. The molecule has 0 aliphatic heterocycles. The van der Waals surface area contributed by atoms with Crippen LogP contribution in [0, 0.1) is 0 Å². The highest BCUT2D eigenvalue weighted by atomic mass is 35.5. The van der Waals surface area contributed by atoms with E-state index in [9.17, 15) is 4.79 Å². The molecule has 0 rings (SSSR count). The predicted octanol–water partition coefficient (Wildman–Crippen LogP) is -0.293. The van der Waals surface area contributed by atoms with E-state index < -0.39 is 6.04 Å². The molecular weight excluding hydrogens is 142 g/mol. The molecule has 0 aromatic rings. The molecule has 0 radical (unpaired) electrons. The minimum absolute atomic E-state index is 0. The van der Waals surface area contributed by atoms with Crippen LogP contribution in [0.5, 0.6) is 0 Å². The fraction of sp³-hybridized carbons (Fsp3) is 0.800. The molecule has 0 bridgehead atoms. The van der Waals surface area contributed by atoms with Crippen molar-refractivity contribution in [3.63, 3.8) is 0 Å². The lowest BCUT2D eigenvalue weighted by Gasteiger charge is -2.01. The Bertz CT molecular complexity index is 87.0. The SMILES string of the molecule is CC(=O)C(N)CCO.Cl. The quantitative estimate of drug-likeness (QED) is 0.586. The molecule has 0 aromatic carbocycles. The molecule has 0 saturated carbocycles. The normalized spacial score (nSPS) is 11.9. The van der Waals surface area contributed by atoms with Crippen molar-refractivity contribution in [1.82, 2.24) is 0 Å². The van der Waals surface area contributed by atoms with E-state index in [2.05, 4.69) is 0 Å². The third-order valence-corrected chi connectivity index (χ3v) is 0.962. The second kappa shape index (κ2) is 6.01. The van der Waals surface area contributed by atoms with E-state index in [1.165, 1.54) is 6.92 Å². The van der Waals surface area contributed by atoms with E-state index >= 15 is 0 Å². The van der Waals surface area contributed by atoms with Crippen LogP contribution in [0.4, 0.5) is 0 Å². The fourth-order valence-corrected chi connectivity index (χ4v) is 0.342. The third kappa shape index (κ3) is 5.76. The van der Waals surface area contributed by atoms with Crippen LogP contribution in [-0.4, -0.2) is 23.5 Å². The lowest BCUT2D eigenvalue weighted by atomic mass is 10.2. The standard InChI is InChI=1S/C5H11NO2.ClH/c1-4(8)5(6)2-3-7;/h5,7H,2-3,6H2,1H3;1H. The number of Topliss-reactive ketones (excluding diaryl/α,β-unsaturated/α-hetero) is 1. The van der Waals surface area contributed by atoms with E-state index in [1.54, 1.807) is 0 Å². The molecular formula is C5H12ClNO2. The van der Waals surface area contributed by atoms with Crippen LogP contribution in [0.3, 0.4) is 0 Å². The lowest BCUT2D eigenvalue weighted by molar-refractivity contribution is -0.118. The second-order valence-electron chi connectivity index (χ2n) is 1.73. The van der Waals surface area contributed by atoms with Gasteiger partial charge < -0.3 is 10.8 Å². The summed E-state index contributed by atoms with van der Waals surface area (Å²) in [6.45, 7) is 1.40. The van der Waals surface area contributed by atoms with Gasteiger partial charge in [-0.25, -0.2) is 0 Å². The van der Waals surface area contributed by atoms with Gasteiger partial charge in [0.15, 0.2) is 0 Å². The number of hydrogen-bond acceptors (Lipinski definition) is 3. The minimum Gasteiger partial charge on any atom is -0.396 e. The zero-order valence-corrected chi connectivity index (χ0v) is 6.15. The molecule has 9 heavy (non-hydrogen) atoms. The van der Waals surface area contributed by atoms with Crippen molar-refractivity contribution in [2.24, 2.45) is 5.73 Å². The maximum atomic E-state index is 10.3. The van der Waals surface area contributed by atoms with Crippen molar-refractivity contribution in [3.05, 3.63) is 0 Å². The third-order valence-electron chi connectivity index (χ3n) is 0.962. The maximum absolute atomic E-state index is 10.3. The highest BCUT2D eigenvalue weighted by Crippen LogP contribution is 1.85. The van der Waals surface area contributed by atoms with E-state index in [4.69, 9.17) is 10.8 Å². The average Bonchev–Trinajstić information content (AvgIpc) is 1.67. The molecule has 1 atom stereocenters. The second-order valence-corrected chi connectivity index (χ2v) is 1.73. The molecule has 1 unspecified atom stereocenters. The number of nitrogens with two attached hydrogens (primary N) is 1. The Morgan fingerprint density at radius 1 is 1.78 bits per heavy atom. The summed E-state index contributed by atoms with van der Waals surface area (Å²) in [6.07, 6.45) is 0.370. The van der Waals surface area contributed by atoms with Crippen LogP contribution < -0.4 is 5.73 Å². The zero-order chi connectivity index (χ0) is 6.57. The molecule has 0 aliphatic carbocycles. The van der Waals surface area contributed by atoms with Gasteiger partial charge in [-0.2, -0.15) is 0 Å². The first-order valence-electron chi connectivity index (χ1n) is 2.55. The summed E-state index contributed by atoms with van der Waals surface area (Å²) in [7, 11) is 0. The van der Waals surface area contributed by atoms with Crippen molar-refractivity contribution < 1.29 is 9.90 Å². The van der Waals surface area contributed by atoms with E-state index in [0.717, 1.165) is 0 Å². The van der Waals surface area contributed by atoms with Gasteiger partial charge in [-0.1, -0.05) is 0 Å². The number of ketones is 1. The van der Waals surface area contributed by atoms with Gasteiger partial charge >= 0.3 is 0 Å². The molecule has 0 aliphatic rings. The van der Waals surface area contributed by atoms with Crippen molar-refractivity contribution in [1.29, 1.82) is 0 Å². The van der Waals surface area contributed by atoms with Crippen LogP contribution in [0.1, 0.15) is 13.3 Å². The predicted molar refractivity (Wildman–Crippen MR) is 37.6 cm³/mol. The smallest absolute Gasteiger partial charge is 0.146 e. The molecule has 0 amide bonds. The Balaban J connectivity index is 0. The minimum atomic E-state index is -0.472. The summed E-state index contributed by atoms with van der Waals surface area (Å²) in [5, 5.41) is 8.25. The van der Waals surface area contributed by atoms with Gasteiger partial charge in [-0.15, -0.1) is 12.4 Å². The van der Waals surface area contributed by atoms with Gasteiger partial charge in [-0.3, -0.25) is 4.79 Å². The van der Waals surface area contributed by atoms with Crippen LogP contribution >= 0.6 is 12.4 Å². The molecule has 0 spiro atoms. The Morgan fingerprint density at radius 2 is 2.22 bits per heavy atom. The first kappa shape index (κ1) is 11.6. The summed E-state index contributed by atoms with van der Waals surface area (Å²) in [5.41, 5.74) is 5.22. The van der Waals surface area contributed by atoms with Crippen molar-refractivity contribution in [2.75, 3.05) is 6.61 Å². The summed E-state index contributed by atoms with van der Waals surface area (Å²) in [4.78, 5) is 10.3. The summed E-state index contributed by atoms with van der Waals surface area (Å²) >= 11 is 0. The molecule has 0 heterocycles. The van der Waals surface area contributed by atoms with Gasteiger partial charge in [0.05, 0.1) is 6.04 Å². The highest BCUT2D eigenvalue weighted by molar-refractivity contribution is 5.85. The van der Waals surface area contributed by atoms with Crippen LogP contribution in [0.25, 0.3) is 0 Å². The topological polar surface area (TPSA) is 63.3 Å². The van der Waals surface area contributed by atoms with E-state index in [-0.39, 0.29) is 24.8 Å². The first-order chi connectivity index (χ1) is 3.68. The number of carbonyl (C=O) groups excluding carboxylic acids is 1. The summed E-state index contributed by atoms with van der Waals surface area (Å²) in [6, 6.07) is -0.472. The zero-order valence-electron chi connectivity index (χ0n) is 5.33. The van der Waals surface area contributed by atoms with Gasteiger partial charge in [0.25, 0.3) is 0 Å². The largest absolute Gasteiger partial charge is 0.396 e. The highest BCUT2D eigenvalue weighted by Gasteiger charge is 2.04. The number of rotatable bonds is 3. The Kier molecular flexibility index (Phi) is 7.77. The first-order valence-corrected chi connectivity index (χ1v) is 2.55. The van der Waals surface area contributed by atoms with Gasteiger partial charge in [0, 0.05) is 6.61 Å². The number of aliphatic hydroxyl groups is 1. The summed E-state index contributed by atoms with van der Waals surface area (Å²) in [5.74, 6) is -0.0703. The van der Waals surface area contributed by atoms with Crippen LogP contribution in [-0.2, 0) is 4.79 Å². The molecule has 0 fully saturated rings. The molecule has 56 valence electrons. The molecule has 4 heteroatoms.